The zero-order chi connectivity index (χ0) is 8.10. The van der Waals surface area contributed by atoms with Crippen molar-refractivity contribution in [1.29, 1.82) is 0 Å². The molecule has 1 aliphatic heterocycles. The SMILES string of the molecule is C#C[C@H](CC)NC1=NCCO1. The van der Waals surface area contributed by atoms with Crippen molar-refractivity contribution in [1.82, 2.24) is 5.32 Å². The molecule has 0 saturated carbocycles. The minimum Gasteiger partial charge on any atom is -0.463 e. The lowest BCUT2D eigenvalue weighted by Crippen LogP contribution is -2.33. The number of terminal acetylenes is 1. The standard InChI is InChI=1S/C8H12N2O/c1-3-7(4-2)10-8-9-5-6-11-8/h1,7H,4-6H2,2H3,(H,9,10)/t7-/m1/s1. The van der Waals surface area contributed by atoms with Gasteiger partial charge in [-0.15, -0.1) is 6.42 Å². The van der Waals surface area contributed by atoms with Crippen LogP contribution in [0.5, 0.6) is 0 Å². The van der Waals surface area contributed by atoms with Crippen molar-refractivity contribution < 1.29 is 4.74 Å². The minimum absolute atomic E-state index is 0.0480. The minimum atomic E-state index is 0.0480. The maximum Gasteiger partial charge on any atom is 0.285 e. The second-order valence-electron chi connectivity index (χ2n) is 2.31. The van der Waals surface area contributed by atoms with E-state index in [1.807, 2.05) is 6.92 Å². The molecule has 3 nitrogen and oxygen atoms in total. The van der Waals surface area contributed by atoms with Gasteiger partial charge in [0.25, 0.3) is 6.02 Å². The third-order valence-electron chi connectivity index (χ3n) is 1.49. The summed E-state index contributed by atoms with van der Waals surface area (Å²) in [6.07, 6.45) is 6.13. The van der Waals surface area contributed by atoms with Crippen molar-refractivity contribution in [2.24, 2.45) is 4.99 Å². The van der Waals surface area contributed by atoms with E-state index in [0.29, 0.717) is 12.6 Å². The summed E-state index contributed by atoms with van der Waals surface area (Å²) in [5, 5.41) is 3.01. The van der Waals surface area contributed by atoms with E-state index in [-0.39, 0.29) is 6.04 Å². The van der Waals surface area contributed by atoms with E-state index in [2.05, 4.69) is 16.2 Å². The van der Waals surface area contributed by atoms with Crippen LogP contribution in [-0.4, -0.2) is 25.2 Å². The Kier molecular flexibility index (Phi) is 2.79. The van der Waals surface area contributed by atoms with Crippen LogP contribution in [0.1, 0.15) is 13.3 Å². The lowest BCUT2D eigenvalue weighted by atomic mass is 10.2. The summed E-state index contributed by atoms with van der Waals surface area (Å²) in [5.41, 5.74) is 0. The molecule has 0 aromatic carbocycles. The van der Waals surface area contributed by atoms with Gasteiger partial charge in [0.1, 0.15) is 6.61 Å². The Hall–Kier alpha value is -1.17. The van der Waals surface area contributed by atoms with Crippen molar-refractivity contribution in [3.8, 4) is 12.3 Å². The highest BCUT2D eigenvalue weighted by molar-refractivity contribution is 5.75. The second kappa shape index (κ2) is 3.87. The molecule has 1 rings (SSSR count). The molecule has 0 aromatic rings. The molecule has 0 amide bonds. The van der Waals surface area contributed by atoms with E-state index >= 15 is 0 Å². The van der Waals surface area contributed by atoms with Crippen molar-refractivity contribution in [3.63, 3.8) is 0 Å². The summed E-state index contributed by atoms with van der Waals surface area (Å²) in [5.74, 6) is 2.61. The van der Waals surface area contributed by atoms with Crippen molar-refractivity contribution in [2.45, 2.75) is 19.4 Å². The van der Waals surface area contributed by atoms with Crippen LogP contribution in [0.15, 0.2) is 4.99 Å². The number of nitrogens with zero attached hydrogens (tertiary/aromatic N) is 1. The second-order valence-corrected chi connectivity index (χ2v) is 2.31. The number of rotatable bonds is 2. The van der Waals surface area contributed by atoms with E-state index in [1.54, 1.807) is 0 Å². The molecule has 0 aliphatic carbocycles. The fraction of sp³-hybridized carbons (Fsp3) is 0.625. The van der Waals surface area contributed by atoms with E-state index in [0.717, 1.165) is 13.0 Å². The summed E-state index contributed by atoms with van der Waals surface area (Å²) in [6.45, 7) is 3.43. The monoisotopic (exact) mass is 152 g/mol. The van der Waals surface area contributed by atoms with Crippen molar-refractivity contribution >= 4 is 6.02 Å². The first-order valence-corrected chi connectivity index (χ1v) is 3.76. The van der Waals surface area contributed by atoms with Crippen LogP contribution in [0.3, 0.4) is 0 Å². The number of aliphatic imine (C=N–C) groups is 1. The third kappa shape index (κ3) is 2.15. The topological polar surface area (TPSA) is 33.6 Å². The lowest BCUT2D eigenvalue weighted by Gasteiger charge is -2.10. The van der Waals surface area contributed by atoms with Crippen molar-refractivity contribution in [2.75, 3.05) is 13.2 Å². The van der Waals surface area contributed by atoms with E-state index in [9.17, 15) is 0 Å². The quantitative estimate of drug-likeness (QED) is 0.580. The van der Waals surface area contributed by atoms with E-state index in [1.165, 1.54) is 0 Å². The fourth-order valence-corrected chi connectivity index (χ4v) is 0.833. The molecule has 3 heteroatoms. The summed E-state index contributed by atoms with van der Waals surface area (Å²) >= 11 is 0. The normalized spacial score (nSPS) is 18.0. The first-order valence-electron chi connectivity index (χ1n) is 3.76. The average molecular weight is 152 g/mol. The Morgan fingerprint density at radius 3 is 3.18 bits per heavy atom. The lowest BCUT2D eigenvalue weighted by molar-refractivity contribution is 0.328. The zero-order valence-electron chi connectivity index (χ0n) is 6.63. The molecule has 0 bridgehead atoms. The predicted molar refractivity (Wildman–Crippen MR) is 44.3 cm³/mol. The Bertz CT molecular complexity index is 193. The van der Waals surface area contributed by atoms with Gasteiger partial charge in [-0.3, -0.25) is 0 Å². The van der Waals surface area contributed by atoms with Crippen LogP contribution < -0.4 is 5.32 Å². The number of hydrogen-bond acceptors (Lipinski definition) is 3. The van der Waals surface area contributed by atoms with Gasteiger partial charge in [-0.1, -0.05) is 12.8 Å². The van der Waals surface area contributed by atoms with Crippen LogP contribution in [-0.2, 0) is 4.74 Å². The maximum absolute atomic E-state index is 5.24. The number of ether oxygens (including phenoxy) is 1. The number of amidine groups is 1. The Morgan fingerprint density at radius 2 is 2.73 bits per heavy atom. The third-order valence-corrected chi connectivity index (χ3v) is 1.49. The van der Waals surface area contributed by atoms with Crippen LogP contribution in [0.25, 0.3) is 0 Å². The largest absolute Gasteiger partial charge is 0.463 e. The van der Waals surface area contributed by atoms with Crippen LogP contribution in [0.4, 0.5) is 0 Å². The highest BCUT2D eigenvalue weighted by Crippen LogP contribution is 1.94. The molecule has 0 radical (unpaired) electrons. The molecule has 0 unspecified atom stereocenters. The van der Waals surface area contributed by atoms with Crippen molar-refractivity contribution in [3.05, 3.63) is 0 Å². The summed E-state index contributed by atoms with van der Waals surface area (Å²) in [7, 11) is 0. The first-order chi connectivity index (χ1) is 5.36. The molecule has 0 aromatic heterocycles. The van der Waals surface area contributed by atoms with E-state index in [4.69, 9.17) is 11.2 Å². The van der Waals surface area contributed by atoms with Gasteiger partial charge in [0.05, 0.1) is 12.6 Å². The zero-order valence-corrected chi connectivity index (χ0v) is 6.63. The summed E-state index contributed by atoms with van der Waals surface area (Å²) in [4.78, 5) is 4.06. The molecule has 1 atom stereocenters. The van der Waals surface area contributed by atoms with Gasteiger partial charge in [-0.25, -0.2) is 4.99 Å². The predicted octanol–water partition coefficient (Wildman–Crippen LogP) is 0.374. The van der Waals surface area contributed by atoms with Crippen LogP contribution in [0.2, 0.25) is 0 Å². The highest BCUT2D eigenvalue weighted by atomic mass is 16.5. The van der Waals surface area contributed by atoms with Gasteiger partial charge < -0.3 is 10.1 Å². The van der Waals surface area contributed by atoms with Gasteiger partial charge in [0, 0.05) is 0 Å². The van der Waals surface area contributed by atoms with Gasteiger partial charge in [0.15, 0.2) is 0 Å². The molecule has 1 heterocycles. The van der Waals surface area contributed by atoms with Crippen LogP contribution in [0, 0.1) is 12.3 Å². The Balaban J connectivity index is 2.34. The Morgan fingerprint density at radius 1 is 1.91 bits per heavy atom. The van der Waals surface area contributed by atoms with E-state index < -0.39 is 0 Å². The molecule has 60 valence electrons. The fourth-order valence-electron chi connectivity index (χ4n) is 0.833. The number of hydrogen-bond donors (Lipinski definition) is 1. The molecule has 11 heavy (non-hydrogen) atoms. The number of nitrogens with one attached hydrogen (secondary N) is 1. The molecule has 0 fully saturated rings. The molecular weight excluding hydrogens is 140 g/mol. The van der Waals surface area contributed by atoms with Gasteiger partial charge in [-0.05, 0) is 6.42 Å². The smallest absolute Gasteiger partial charge is 0.285 e. The summed E-state index contributed by atoms with van der Waals surface area (Å²) < 4.78 is 5.13. The van der Waals surface area contributed by atoms with Crippen LogP contribution >= 0.6 is 0 Å². The van der Waals surface area contributed by atoms with Gasteiger partial charge in [-0.2, -0.15) is 0 Å². The highest BCUT2D eigenvalue weighted by Gasteiger charge is 2.09. The summed E-state index contributed by atoms with van der Waals surface area (Å²) in [6, 6.07) is 0.640. The molecule has 1 aliphatic rings. The first kappa shape index (κ1) is 7.93. The van der Waals surface area contributed by atoms with Gasteiger partial charge >= 0.3 is 0 Å². The maximum atomic E-state index is 5.24. The molecule has 1 N–H and O–H groups in total. The van der Waals surface area contributed by atoms with Gasteiger partial charge in [0.2, 0.25) is 0 Å². The average Bonchev–Trinajstić information content (AvgIpc) is 2.52. The Labute approximate surface area is 66.8 Å². The molecular formula is C8H12N2O. The molecule has 0 saturated heterocycles. The molecule has 0 spiro atoms.